The molecule has 0 bridgehead atoms. The van der Waals surface area contributed by atoms with Crippen molar-refractivity contribution >= 4 is 22.8 Å². The maximum Gasteiger partial charge on any atom is 0.253 e. The highest BCUT2D eigenvalue weighted by Gasteiger charge is 2.36. The zero-order chi connectivity index (χ0) is 18.1. The van der Waals surface area contributed by atoms with E-state index in [1.165, 1.54) is 12.4 Å². The molecule has 1 N–H and O–H groups in total. The highest BCUT2D eigenvalue weighted by atomic mass is 19.1. The minimum Gasteiger partial charge on any atom is -0.368 e. The molecule has 3 aromatic rings. The first-order chi connectivity index (χ1) is 12.6. The summed E-state index contributed by atoms with van der Waals surface area (Å²) in [6.45, 7) is 0.483. The number of aromatic nitrogens is 4. The minimum atomic E-state index is -0.593. The van der Waals surface area contributed by atoms with Crippen molar-refractivity contribution < 1.29 is 13.8 Å². The molecular weight excluding hydrogens is 339 g/mol. The molecule has 26 heavy (non-hydrogen) atoms. The van der Waals surface area contributed by atoms with Crippen LogP contribution in [0.4, 0.5) is 10.2 Å². The lowest BCUT2D eigenvalue weighted by molar-refractivity contribution is 0.0722. The second kappa shape index (κ2) is 6.66. The van der Waals surface area contributed by atoms with Crippen LogP contribution < -0.4 is 5.32 Å². The molecule has 0 saturated heterocycles. The number of carbonyl (C=O) groups excluding carboxylic acids is 1. The largest absolute Gasteiger partial charge is 0.368 e. The molecule has 1 aromatic carbocycles. The molecule has 1 aliphatic carbocycles. The van der Waals surface area contributed by atoms with Gasteiger partial charge in [0.05, 0.1) is 6.04 Å². The fourth-order valence-corrected chi connectivity index (χ4v) is 3.01. The highest BCUT2D eigenvalue weighted by Crippen LogP contribution is 2.35. The molecule has 1 saturated carbocycles. The Labute approximate surface area is 148 Å². The Bertz CT molecular complexity index is 942. The number of nitrogens with one attached hydrogen (secondary N) is 1. The third kappa shape index (κ3) is 3.32. The van der Waals surface area contributed by atoms with E-state index < -0.39 is 5.95 Å². The second-order valence-electron chi connectivity index (χ2n) is 6.40. The SMILES string of the molecule is CN(C(=O)c1ccc2nonc2c1)C(CNc1cc(F)ncn1)C1CC1. The summed E-state index contributed by atoms with van der Waals surface area (Å²) >= 11 is 0. The zero-order valence-corrected chi connectivity index (χ0v) is 14.1. The number of fused-ring (bicyclic) bond motifs is 1. The maximum atomic E-state index is 13.2. The molecule has 0 radical (unpaired) electrons. The van der Waals surface area contributed by atoms with Gasteiger partial charge in [-0.25, -0.2) is 14.6 Å². The number of amides is 1. The zero-order valence-electron chi connectivity index (χ0n) is 14.1. The van der Waals surface area contributed by atoms with Crippen LogP contribution in [0.2, 0.25) is 0 Å². The Kier molecular flexibility index (Phi) is 4.19. The van der Waals surface area contributed by atoms with Crippen LogP contribution in [0.15, 0.2) is 35.2 Å². The lowest BCUT2D eigenvalue weighted by atomic mass is 10.1. The number of halogens is 1. The van der Waals surface area contributed by atoms with Gasteiger partial charge >= 0.3 is 0 Å². The predicted octanol–water partition coefficient (Wildman–Crippen LogP) is 2.11. The van der Waals surface area contributed by atoms with E-state index in [0.29, 0.717) is 34.9 Å². The molecule has 1 atom stereocenters. The van der Waals surface area contributed by atoms with Gasteiger partial charge in [0, 0.05) is 25.2 Å². The van der Waals surface area contributed by atoms with E-state index in [1.807, 2.05) is 0 Å². The Balaban J connectivity index is 1.49. The van der Waals surface area contributed by atoms with Gasteiger partial charge in [0.25, 0.3) is 5.91 Å². The van der Waals surface area contributed by atoms with Gasteiger partial charge in [0.15, 0.2) is 0 Å². The van der Waals surface area contributed by atoms with Crippen molar-refractivity contribution in [2.24, 2.45) is 5.92 Å². The van der Waals surface area contributed by atoms with Crippen molar-refractivity contribution in [1.82, 2.24) is 25.2 Å². The van der Waals surface area contributed by atoms with Crippen LogP contribution in [-0.4, -0.2) is 50.7 Å². The Morgan fingerprint density at radius 2 is 2.12 bits per heavy atom. The molecule has 1 fully saturated rings. The Morgan fingerprint density at radius 1 is 1.31 bits per heavy atom. The van der Waals surface area contributed by atoms with Crippen LogP contribution in [0.1, 0.15) is 23.2 Å². The summed E-state index contributed by atoms with van der Waals surface area (Å²) in [6, 6.07) is 6.30. The van der Waals surface area contributed by atoms with Gasteiger partial charge in [-0.05, 0) is 47.3 Å². The van der Waals surface area contributed by atoms with Crippen LogP contribution in [0.3, 0.4) is 0 Å². The number of hydrogen-bond acceptors (Lipinski definition) is 7. The van der Waals surface area contributed by atoms with Crippen molar-refractivity contribution in [3.8, 4) is 0 Å². The molecule has 2 heterocycles. The van der Waals surface area contributed by atoms with Crippen molar-refractivity contribution in [3.63, 3.8) is 0 Å². The predicted molar refractivity (Wildman–Crippen MR) is 90.9 cm³/mol. The number of carbonyl (C=O) groups is 1. The Hall–Kier alpha value is -3.10. The van der Waals surface area contributed by atoms with Crippen LogP contribution in [0, 0.1) is 11.9 Å². The van der Waals surface area contributed by atoms with Crippen LogP contribution >= 0.6 is 0 Å². The van der Waals surface area contributed by atoms with Gasteiger partial charge in [-0.2, -0.15) is 4.39 Å². The van der Waals surface area contributed by atoms with Crippen LogP contribution in [0.25, 0.3) is 11.0 Å². The first kappa shape index (κ1) is 16.4. The lowest BCUT2D eigenvalue weighted by Gasteiger charge is -2.29. The maximum absolute atomic E-state index is 13.2. The quantitative estimate of drug-likeness (QED) is 0.676. The van der Waals surface area contributed by atoms with Crippen LogP contribution in [0.5, 0.6) is 0 Å². The van der Waals surface area contributed by atoms with Gasteiger partial charge in [-0.15, -0.1) is 0 Å². The number of anilines is 1. The summed E-state index contributed by atoms with van der Waals surface area (Å²) < 4.78 is 17.9. The molecule has 1 amide bonds. The minimum absolute atomic E-state index is 0.0216. The summed E-state index contributed by atoms with van der Waals surface area (Å²) in [5.74, 6) is 0.117. The monoisotopic (exact) mass is 356 g/mol. The first-order valence-electron chi connectivity index (χ1n) is 8.33. The van der Waals surface area contributed by atoms with E-state index in [0.717, 1.165) is 12.8 Å². The first-order valence-corrected chi connectivity index (χ1v) is 8.33. The summed E-state index contributed by atoms with van der Waals surface area (Å²) in [5.41, 5.74) is 1.67. The fourth-order valence-electron chi connectivity index (χ4n) is 3.01. The average Bonchev–Trinajstić information content (AvgIpc) is 3.37. The molecule has 1 aliphatic rings. The summed E-state index contributed by atoms with van der Waals surface area (Å²) in [4.78, 5) is 22.0. The smallest absolute Gasteiger partial charge is 0.253 e. The van der Waals surface area contributed by atoms with E-state index >= 15 is 0 Å². The number of hydrogen-bond donors (Lipinski definition) is 1. The number of rotatable bonds is 6. The van der Waals surface area contributed by atoms with Crippen molar-refractivity contribution in [2.75, 3.05) is 18.9 Å². The molecule has 134 valence electrons. The molecule has 4 rings (SSSR count). The highest BCUT2D eigenvalue weighted by molar-refractivity contribution is 5.97. The molecule has 9 heteroatoms. The van der Waals surface area contributed by atoms with Crippen molar-refractivity contribution in [2.45, 2.75) is 18.9 Å². The topological polar surface area (TPSA) is 97.0 Å². The van der Waals surface area contributed by atoms with Gasteiger partial charge in [-0.3, -0.25) is 4.79 Å². The van der Waals surface area contributed by atoms with Gasteiger partial charge in [0.1, 0.15) is 23.2 Å². The molecule has 2 aromatic heterocycles. The average molecular weight is 356 g/mol. The molecule has 1 unspecified atom stereocenters. The van der Waals surface area contributed by atoms with Crippen molar-refractivity contribution in [3.05, 3.63) is 42.1 Å². The van der Waals surface area contributed by atoms with Gasteiger partial charge < -0.3 is 10.2 Å². The number of benzene rings is 1. The normalized spacial score (nSPS) is 15.0. The summed E-state index contributed by atoms with van der Waals surface area (Å²) in [6.07, 6.45) is 3.29. The molecule has 8 nitrogen and oxygen atoms in total. The fraction of sp³-hybridized carbons (Fsp3) is 0.353. The third-order valence-electron chi connectivity index (χ3n) is 4.61. The standard InChI is InChI=1S/C17H17FN6O2/c1-24(17(25)11-4-5-12-13(6-11)23-26-22-12)14(10-2-3-10)8-19-16-7-15(18)20-9-21-16/h4-7,9-10,14H,2-3,8H2,1H3,(H,19,20,21). The molecular formula is C17H17FN6O2. The molecule has 0 spiro atoms. The van der Waals surface area contributed by atoms with E-state index in [1.54, 1.807) is 30.1 Å². The third-order valence-corrected chi connectivity index (χ3v) is 4.61. The second-order valence-corrected chi connectivity index (χ2v) is 6.40. The summed E-state index contributed by atoms with van der Waals surface area (Å²) in [7, 11) is 1.78. The number of likely N-dealkylation sites (N-methyl/N-ethyl adjacent to an activating group) is 1. The van der Waals surface area contributed by atoms with Gasteiger partial charge in [-0.1, -0.05) is 0 Å². The number of nitrogens with zero attached hydrogens (tertiary/aromatic N) is 5. The van der Waals surface area contributed by atoms with Gasteiger partial charge in [0.2, 0.25) is 5.95 Å². The van der Waals surface area contributed by atoms with Crippen molar-refractivity contribution in [1.29, 1.82) is 0 Å². The summed E-state index contributed by atoms with van der Waals surface area (Å²) in [5, 5.41) is 10.6. The van der Waals surface area contributed by atoms with Crippen LogP contribution in [-0.2, 0) is 0 Å². The van der Waals surface area contributed by atoms with E-state index in [9.17, 15) is 9.18 Å². The lowest BCUT2D eigenvalue weighted by Crippen LogP contribution is -2.43. The molecule has 0 aliphatic heterocycles. The Morgan fingerprint density at radius 3 is 2.88 bits per heavy atom. The van der Waals surface area contributed by atoms with E-state index in [2.05, 4.69) is 30.2 Å². The van der Waals surface area contributed by atoms with E-state index in [4.69, 9.17) is 0 Å². The van der Waals surface area contributed by atoms with E-state index in [-0.39, 0.29) is 11.9 Å².